The Balaban J connectivity index is 1.92. The summed E-state index contributed by atoms with van der Waals surface area (Å²) >= 11 is 7.12. The third-order valence-corrected chi connectivity index (χ3v) is 3.90. The molecule has 0 atom stereocenters. The first-order valence-electron chi connectivity index (χ1n) is 5.86. The molecule has 0 heterocycles. The maximum atomic E-state index is 13.4. The number of carbonyl (C=O) groups excluding carboxylic acids is 1. The third-order valence-electron chi connectivity index (χ3n) is 2.64. The second-order valence-corrected chi connectivity index (χ2v) is 5.59. The molecule has 0 aromatic heterocycles. The van der Waals surface area contributed by atoms with Crippen molar-refractivity contribution in [2.45, 2.75) is 5.75 Å². The number of rotatable bonds is 5. The van der Waals surface area contributed by atoms with Crippen LogP contribution >= 0.6 is 23.4 Å². The average molecular weight is 313 g/mol. The van der Waals surface area contributed by atoms with Crippen LogP contribution in [0.25, 0.3) is 0 Å². The van der Waals surface area contributed by atoms with Crippen LogP contribution in [-0.2, 0) is 5.75 Å². The minimum absolute atomic E-state index is 0.100. The Hall–Kier alpha value is -1.39. The normalized spacial score (nSPS) is 10.6. The lowest BCUT2D eigenvalue weighted by Gasteiger charge is -2.04. The van der Waals surface area contributed by atoms with Gasteiger partial charge in [0.2, 0.25) is 0 Å². The van der Waals surface area contributed by atoms with Crippen LogP contribution in [0.2, 0.25) is 5.02 Å². The molecule has 2 rings (SSSR count). The van der Waals surface area contributed by atoms with Crippen molar-refractivity contribution in [2.24, 2.45) is 0 Å². The fourth-order valence-electron chi connectivity index (χ4n) is 1.63. The molecule has 20 heavy (non-hydrogen) atoms. The molecule has 0 fully saturated rings. The van der Waals surface area contributed by atoms with E-state index in [0.29, 0.717) is 10.8 Å². The van der Waals surface area contributed by atoms with Gasteiger partial charge in [0, 0.05) is 10.8 Å². The van der Waals surface area contributed by atoms with Crippen LogP contribution in [0.15, 0.2) is 42.5 Å². The Morgan fingerprint density at radius 2 is 1.80 bits per heavy atom. The summed E-state index contributed by atoms with van der Waals surface area (Å²) in [5.74, 6) is -1.01. The molecular weight excluding hydrogens is 302 g/mol. The molecule has 5 heteroatoms. The van der Waals surface area contributed by atoms with Crippen molar-refractivity contribution in [2.75, 3.05) is 5.75 Å². The summed E-state index contributed by atoms with van der Waals surface area (Å²) in [6.45, 7) is 0. The molecule has 2 aromatic carbocycles. The van der Waals surface area contributed by atoms with Crippen LogP contribution < -0.4 is 0 Å². The van der Waals surface area contributed by atoms with Gasteiger partial charge in [-0.3, -0.25) is 4.79 Å². The van der Waals surface area contributed by atoms with E-state index in [1.807, 2.05) is 12.1 Å². The molecule has 0 bridgehead atoms. The summed E-state index contributed by atoms with van der Waals surface area (Å²) in [4.78, 5) is 11.8. The highest BCUT2D eigenvalue weighted by Gasteiger charge is 2.12. The van der Waals surface area contributed by atoms with Gasteiger partial charge in [0.25, 0.3) is 0 Å². The highest BCUT2D eigenvalue weighted by Crippen LogP contribution is 2.18. The first-order chi connectivity index (χ1) is 9.56. The van der Waals surface area contributed by atoms with Crippen molar-refractivity contribution in [3.8, 4) is 0 Å². The van der Waals surface area contributed by atoms with E-state index in [-0.39, 0.29) is 11.3 Å². The van der Waals surface area contributed by atoms with Crippen molar-refractivity contribution in [1.29, 1.82) is 0 Å². The van der Waals surface area contributed by atoms with E-state index in [1.54, 1.807) is 12.1 Å². The minimum atomic E-state index is -0.691. The number of thioether (sulfide) groups is 1. The molecule has 0 aliphatic heterocycles. The number of hydrogen-bond donors (Lipinski definition) is 0. The van der Waals surface area contributed by atoms with Gasteiger partial charge in [-0.15, -0.1) is 11.8 Å². The summed E-state index contributed by atoms with van der Waals surface area (Å²) in [6, 6.07) is 10.2. The van der Waals surface area contributed by atoms with Crippen molar-refractivity contribution in [3.05, 3.63) is 70.2 Å². The lowest BCUT2D eigenvalue weighted by molar-refractivity contribution is 0.101. The van der Waals surface area contributed by atoms with E-state index in [4.69, 9.17) is 11.6 Å². The zero-order valence-electron chi connectivity index (χ0n) is 10.4. The SMILES string of the molecule is O=C(CSCc1ccc(Cl)cc1)c1cc(F)ccc1F. The van der Waals surface area contributed by atoms with E-state index in [0.717, 1.165) is 23.8 Å². The molecule has 0 saturated carbocycles. The number of halogens is 3. The molecule has 0 radical (unpaired) electrons. The van der Waals surface area contributed by atoms with Gasteiger partial charge < -0.3 is 0 Å². The van der Waals surface area contributed by atoms with Crippen molar-refractivity contribution < 1.29 is 13.6 Å². The largest absolute Gasteiger partial charge is 0.293 e. The second kappa shape index (κ2) is 6.86. The van der Waals surface area contributed by atoms with Gasteiger partial charge in [-0.2, -0.15) is 0 Å². The van der Waals surface area contributed by atoms with Crippen LogP contribution in [0.1, 0.15) is 15.9 Å². The molecular formula is C15H11ClF2OS. The van der Waals surface area contributed by atoms with Crippen molar-refractivity contribution >= 4 is 29.1 Å². The van der Waals surface area contributed by atoms with Crippen molar-refractivity contribution in [3.63, 3.8) is 0 Å². The minimum Gasteiger partial charge on any atom is -0.293 e. The quantitative estimate of drug-likeness (QED) is 0.742. The summed E-state index contributed by atoms with van der Waals surface area (Å²) in [5, 5.41) is 0.650. The molecule has 0 unspecified atom stereocenters. The Labute approximate surface area is 125 Å². The molecule has 2 aromatic rings. The van der Waals surface area contributed by atoms with Gasteiger partial charge in [0.1, 0.15) is 11.6 Å². The summed E-state index contributed by atoms with van der Waals surface area (Å²) in [5.41, 5.74) is 0.820. The molecule has 0 aliphatic rings. The maximum absolute atomic E-state index is 13.4. The topological polar surface area (TPSA) is 17.1 Å². The molecule has 0 saturated heterocycles. The van der Waals surface area contributed by atoms with Gasteiger partial charge in [0.05, 0.1) is 11.3 Å². The molecule has 1 nitrogen and oxygen atoms in total. The Morgan fingerprint density at radius 3 is 2.50 bits per heavy atom. The number of Topliss-reactive ketones (excluding diaryl/α,β-unsaturated/α-hetero) is 1. The summed E-state index contributed by atoms with van der Waals surface area (Å²) < 4.78 is 26.4. The predicted octanol–water partition coefficient (Wildman–Crippen LogP) is 4.73. The second-order valence-electron chi connectivity index (χ2n) is 4.17. The fourth-order valence-corrected chi connectivity index (χ4v) is 2.63. The molecule has 104 valence electrons. The van der Waals surface area contributed by atoms with E-state index in [1.165, 1.54) is 11.8 Å². The van der Waals surface area contributed by atoms with Gasteiger partial charge >= 0.3 is 0 Å². The Morgan fingerprint density at radius 1 is 1.10 bits per heavy atom. The lowest BCUT2D eigenvalue weighted by Crippen LogP contribution is -2.06. The smallest absolute Gasteiger partial charge is 0.175 e. The van der Waals surface area contributed by atoms with Crippen LogP contribution in [-0.4, -0.2) is 11.5 Å². The number of carbonyl (C=O) groups is 1. The highest BCUT2D eigenvalue weighted by atomic mass is 35.5. The molecule has 0 aliphatic carbocycles. The van der Waals surface area contributed by atoms with Gasteiger partial charge in [-0.25, -0.2) is 8.78 Å². The fraction of sp³-hybridized carbons (Fsp3) is 0.133. The van der Waals surface area contributed by atoms with Crippen LogP contribution in [0.3, 0.4) is 0 Å². The summed E-state index contributed by atoms with van der Waals surface area (Å²) in [6.07, 6.45) is 0. The first kappa shape index (κ1) is 15.0. The number of benzene rings is 2. The Bertz CT molecular complexity index is 614. The van der Waals surface area contributed by atoms with Crippen LogP contribution in [0, 0.1) is 11.6 Å². The number of hydrogen-bond acceptors (Lipinski definition) is 2. The maximum Gasteiger partial charge on any atom is 0.175 e. The average Bonchev–Trinajstić information content (AvgIpc) is 2.43. The van der Waals surface area contributed by atoms with E-state index in [2.05, 4.69) is 0 Å². The lowest BCUT2D eigenvalue weighted by atomic mass is 10.1. The molecule has 0 amide bonds. The van der Waals surface area contributed by atoms with E-state index < -0.39 is 17.4 Å². The zero-order valence-corrected chi connectivity index (χ0v) is 12.0. The summed E-state index contributed by atoms with van der Waals surface area (Å²) in [7, 11) is 0. The van der Waals surface area contributed by atoms with Gasteiger partial charge in [-0.05, 0) is 35.9 Å². The predicted molar refractivity (Wildman–Crippen MR) is 78.3 cm³/mol. The standard InChI is InChI=1S/C15H11ClF2OS/c16-11-3-1-10(2-4-11)8-20-9-15(19)13-7-12(17)5-6-14(13)18/h1-7H,8-9H2. The number of ketones is 1. The van der Waals surface area contributed by atoms with Gasteiger partial charge in [-0.1, -0.05) is 23.7 Å². The third kappa shape index (κ3) is 4.05. The Kier molecular flexibility index (Phi) is 5.15. The van der Waals surface area contributed by atoms with Crippen molar-refractivity contribution in [1.82, 2.24) is 0 Å². The van der Waals surface area contributed by atoms with E-state index in [9.17, 15) is 13.6 Å². The van der Waals surface area contributed by atoms with Crippen LogP contribution in [0.4, 0.5) is 8.78 Å². The van der Waals surface area contributed by atoms with Gasteiger partial charge in [0.15, 0.2) is 5.78 Å². The monoisotopic (exact) mass is 312 g/mol. The molecule has 0 N–H and O–H groups in total. The van der Waals surface area contributed by atoms with Crippen LogP contribution in [0.5, 0.6) is 0 Å². The first-order valence-corrected chi connectivity index (χ1v) is 7.40. The molecule has 0 spiro atoms. The van der Waals surface area contributed by atoms with E-state index >= 15 is 0 Å². The zero-order chi connectivity index (χ0) is 14.5. The highest BCUT2D eigenvalue weighted by molar-refractivity contribution is 7.99.